The van der Waals surface area contributed by atoms with Crippen LogP contribution in [0.5, 0.6) is 5.75 Å². The van der Waals surface area contributed by atoms with Gasteiger partial charge in [-0.15, -0.1) is 0 Å². The molecule has 0 aliphatic rings. The van der Waals surface area contributed by atoms with Gasteiger partial charge in [-0.25, -0.2) is 9.78 Å². The van der Waals surface area contributed by atoms with E-state index in [9.17, 15) is 4.79 Å². The monoisotopic (exact) mass is 244 g/mol. The lowest BCUT2D eigenvalue weighted by atomic mass is 10.0. The molecule has 3 N–H and O–H groups in total. The van der Waals surface area contributed by atoms with E-state index in [1.165, 1.54) is 12.3 Å². The highest BCUT2D eigenvalue weighted by Crippen LogP contribution is 2.30. The topological polar surface area (TPSA) is 85.4 Å². The number of nitrogens with zero attached hydrogens (tertiary/aromatic N) is 1. The van der Waals surface area contributed by atoms with E-state index in [1.54, 1.807) is 13.2 Å². The smallest absolute Gasteiger partial charge is 0.339 e. The van der Waals surface area contributed by atoms with Crippen LogP contribution in [0.25, 0.3) is 11.1 Å². The first-order valence-electron chi connectivity index (χ1n) is 5.25. The Balaban J connectivity index is 2.58. The number of hydrogen-bond acceptors (Lipinski definition) is 4. The van der Waals surface area contributed by atoms with Gasteiger partial charge in [0.15, 0.2) is 0 Å². The van der Waals surface area contributed by atoms with Gasteiger partial charge in [-0.1, -0.05) is 18.2 Å². The Bertz CT molecular complexity index is 597. The first kappa shape index (κ1) is 11.9. The van der Waals surface area contributed by atoms with E-state index in [0.29, 0.717) is 11.3 Å². The lowest BCUT2D eigenvalue weighted by Gasteiger charge is -2.09. The van der Waals surface area contributed by atoms with Crippen molar-refractivity contribution in [3.63, 3.8) is 0 Å². The summed E-state index contributed by atoms with van der Waals surface area (Å²) in [5.41, 5.74) is 6.93. The van der Waals surface area contributed by atoms with Crippen molar-refractivity contribution < 1.29 is 14.6 Å². The number of nitrogens with two attached hydrogens (primary N) is 1. The van der Waals surface area contributed by atoms with E-state index in [-0.39, 0.29) is 11.4 Å². The number of methoxy groups -OCH3 is 1. The van der Waals surface area contributed by atoms with Crippen molar-refractivity contribution in [2.24, 2.45) is 0 Å². The molecule has 0 aliphatic carbocycles. The molecule has 1 aromatic heterocycles. The van der Waals surface area contributed by atoms with Crippen LogP contribution >= 0.6 is 0 Å². The number of carbonyl (C=O) groups is 1. The Morgan fingerprint density at radius 1 is 1.39 bits per heavy atom. The summed E-state index contributed by atoms with van der Waals surface area (Å²) in [5.74, 6) is -0.446. The summed E-state index contributed by atoms with van der Waals surface area (Å²) in [5, 5.41) is 9.01. The molecule has 5 nitrogen and oxygen atoms in total. The molecule has 18 heavy (non-hydrogen) atoms. The summed E-state index contributed by atoms with van der Waals surface area (Å²) in [4.78, 5) is 14.9. The number of carboxylic acid groups (broad SMARTS) is 1. The predicted molar refractivity (Wildman–Crippen MR) is 67.6 cm³/mol. The normalized spacial score (nSPS) is 10.1. The Hall–Kier alpha value is -2.56. The second kappa shape index (κ2) is 4.75. The number of aromatic nitrogens is 1. The first-order chi connectivity index (χ1) is 8.63. The largest absolute Gasteiger partial charge is 0.496 e. The highest BCUT2D eigenvalue weighted by atomic mass is 16.5. The van der Waals surface area contributed by atoms with Crippen LogP contribution in [0.1, 0.15) is 10.4 Å². The summed E-state index contributed by atoms with van der Waals surface area (Å²) in [6.45, 7) is 0. The van der Waals surface area contributed by atoms with Gasteiger partial charge in [-0.3, -0.25) is 0 Å². The molecule has 0 saturated carbocycles. The van der Waals surface area contributed by atoms with Gasteiger partial charge in [0.25, 0.3) is 0 Å². The lowest BCUT2D eigenvalue weighted by molar-refractivity contribution is 0.0697. The average Bonchev–Trinajstić information content (AvgIpc) is 2.39. The molecule has 2 rings (SSSR count). The Labute approximate surface area is 104 Å². The minimum atomic E-state index is -1.10. The van der Waals surface area contributed by atoms with Gasteiger partial charge in [0, 0.05) is 17.3 Å². The van der Waals surface area contributed by atoms with E-state index < -0.39 is 5.97 Å². The molecule has 0 radical (unpaired) electrons. The van der Waals surface area contributed by atoms with E-state index in [0.717, 1.165) is 5.56 Å². The fourth-order valence-corrected chi connectivity index (χ4v) is 1.68. The quantitative estimate of drug-likeness (QED) is 0.862. The number of hydrogen-bond donors (Lipinski definition) is 2. The zero-order valence-corrected chi connectivity index (χ0v) is 9.75. The van der Waals surface area contributed by atoms with Crippen LogP contribution in [0.3, 0.4) is 0 Å². The fraction of sp³-hybridized carbons (Fsp3) is 0.0769. The molecule has 0 spiro atoms. The van der Waals surface area contributed by atoms with E-state index in [2.05, 4.69) is 4.98 Å². The number of ether oxygens (including phenoxy) is 1. The maximum atomic E-state index is 11.0. The van der Waals surface area contributed by atoms with Crippen molar-refractivity contribution in [2.75, 3.05) is 12.8 Å². The molecule has 0 bridgehead atoms. The van der Waals surface area contributed by atoms with Gasteiger partial charge in [0.1, 0.15) is 17.1 Å². The summed E-state index contributed by atoms with van der Waals surface area (Å²) in [6.07, 6.45) is 1.53. The van der Waals surface area contributed by atoms with Crippen molar-refractivity contribution in [2.45, 2.75) is 0 Å². The molecule has 0 amide bonds. The number of aromatic carboxylic acids is 1. The molecular formula is C13H12N2O3. The zero-order valence-electron chi connectivity index (χ0n) is 9.75. The molecule has 92 valence electrons. The highest BCUT2D eigenvalue weighted by Gasteiger charge is 2.12. The average molecular weight is 244 g/mol. The summed E-state index contributed by atoms with van der Waals surface area (Å²) >= 11 is 0. The molecule has 5 heteroatoms. The van der Waals surface area contributed by atoms with Crippen LogP contribution < -0.4 is 10.5 Å². The Morgan fingerprint density at radius 3 is 2.78 bits per heavy atom. The van der Waals surface area contributed by atoms with Crippen LogP contribution in [0.4, 0.5) is 5.82 Å². The summed E-state index contributed by atoms with van der Waals surface area (Å²) < 4.78 is 5.22. The maximum absolute atomic E-state index is 11.0. The predicted octanol–water partition coefficient (Wildman–Crippen LogP) is 2.04. The Morgan fingerprint density at radius 2 is 2.11 bits per heavy atom. The van der Waals surface area contributed by atoms with Crippen molar-refractivity contribution >= 4 is 11.8 Å². The van der Waals surface area contributed by atoms with Crippen LogP contribution in [-0.2, 0) is 0 Å². The van der Waals surface area contributed by atoms with Gasteiger partial charge in [0.05, 0.1) is 7.11 Å². The second-order valence-corrected chi connectivity index (χ2v) is 3.66. The van der Waals surface area contributed by atoms with Crippen molar-refractivity contribution in [3.05, 3.63) is 42.1 Å². The standard InChI is InChI=1S/C13H12N2O3/c1-18-11-5-3-2-4-9(11)8-6-10(13(16)17)12(14)15-7-8/h2-7H,1H3,(H2,14,15)(H,16,17). The summed E-state index contributed by atoms with van der Waals surface area (Å²) in [6, 6.07) is 8.80. The number of anilines is 1. The van der Waals surface area contributed by atoms with Crippen LogP contribution in [-0.4, -0.2) is 23.2 Å². The molecule has 2 aromatic rings. The van der Waals surface area contributed by atoms with Crippen LogP contribution in [0.15, 0.2) is 36.5 Å². The van der Waals surface area contributed by atoms with Crippen molar-refractivity contribution in [3.8, 4) is 16.9 Å². The SMILES string of the molecule is COc1ccccc1-c1cnc(N)c(C(=O)O)c1. The minimum absolute atomic E-state index is 0.00106. The molecule has 1 aromatic carbocycles. The Kier molecular flexibility index (Phi) is 3.14. The van der Waals surface area contributed by atoms with Gasteiger partial charge < -0.3 is 15.6 Å². The molecular weight excluding hydrogens is 232 g/mol. The third kappa shape index (κ3) is 2.10. The zero-order chi connectivity index (χ0) is 13.1. The molecule has 1 heterocycles. The van der Waals surface area contributed by atoms with Crippen molar-refractivity contribution in [1.82, 2.24) is 4.98 Å². The molecule has 0 atom stereocenters. The van der Waals surface area contributed by atoms with Gasteiger partial charge in [0.2, 0.25) is 0 Å². The molecule has 0 fully saturated rings. The van der Waals surface area contributed by atoms with Crippen LogP contribution in [0, 0.1) is 0 Å². The van der Waals surface area contributed by atoms with E-state index in [1.807, 2.05) is 18.2 Å². The third-order valence-electron chi connectivity index (χ3n) is 2.57. The third-order valence-corrected chi connectivity index (χ3v) is 2.57. The van der Waals surface area contributed by atoms with Gasteiger partial charge >= 0.3 is 5.97 Å². The minimum Gasteiger partial charge on any atom is -0.496 e. The van der Waals surface area contributed by atoms with E-state index in [4.69, 9.17) is 15.6 Å². The molecule has 0 aliphatic heterocycles. The second-order valence-electron chi connectivity index (χ2n) is 3.66. The maximum Gasteiger partial charge on any atom is 0.339 e. The van der Waals surface area contributed by atoms with E-state index >= 15 is 0 Å². The van der Waals surface area contributed by atoms with Gasteiger partial charge in [-0.2, -0.15) is 0 Å². The van der Waals surface area contributed by atoms with Crippen molar-refractivity contribution in [1.29, 1.82) is 0 Å². The number of carboxylic acids is 1. The first-order valence-corrected chi connectivity index (χ1v) is 5.25. The summed E-state index contributed by atoms with van der Waals surface area (Å²) in [7, 11) is 1.56. The number of benzene rings is 1. The lowest BCUT2D eigenvalue weighted by Crippen LogP contribution is -2.04. The molecule has 0 unspecified atom stereocenters. The number of pyridine rings is 1. The number of para-hydroxylation sites is 1. The number of rotatable bonds is 3. The van der Waals surface area contributed by atoms with Crippen LogP contribution in [0.2, 0.25) is 0 Å². The highest BCUT2D eigenvalue weighted by molar-refractivity contribution is 5.94. The number of nitrogen functional groups attached to an aromatic ring is 1. The van der Waals surface area contributed by atoms with Gasteiger partial charge in [-0.05, 0) is 12.1 Å². The molecule has 0 saturated heterocycles. The fourth-order valence-electron chi connectivity index (χ4n) is 1.68.